The average molecular weight is 288 g/mol. The molecule has 2 nitrogen and oxygen atoms in total. The summed E-state index contributed by atoms with van der Waals surface area (Å²) in [5.41, 5.74) is 0. The van der Waals surface area contributed by atoms with Crippen LogP contribution < -0.4 is 0 Å². The Morgan fingerprint density at radius 1 is 1.25 bits per heavy atom. The van der Waals surface area contributed by atoms with E-state index in [1.807, 2.05) is 27.7 Å². The molecule has 12 heavy (non-hydrogen) atoms. The Hall–Kier alpha value is 0.443. The van der Waals surface area contributed by atoms with Gasteiger partial charge in [0.1, 0.15) is 0 Å². The molecule has 0 aliphatic carbocycles. The van der Waals surface area contributed by atoms with E-state index in [0.29, 0.717) is 0 Å². The van der Waals surface area contributed by atoms with Crippen LogP contribution in [0.2, 0.25) is 0 Å². The van der Waals surface area contributed by atoms with Crippen LogP contribution in [-0.4, -0.2) is 22.9 Å². The van der Waals surface area contributed by atoms with Gasteiger partial charge in [0.2, 0.25) is 0 Å². The fourth-order valence-corrected chi connectivity index (χ4v) is 1.17. The Balaban J connectivity index is 0. The van der Waals surface area contributed by atoms with Crippen LogP contribution in [0.15, 0.2) is 0 Å². The quantitative estimate of drug-likeness (QED) is 0.564. The van der Waals surface area contributed by atoms with Crippen molar-refractivity contribution in [2.45, 2.75) is 39.8 Å². The molecule has 0 aromatic carbocycles. The molecule has 0 N–H and O–H groups in total. The zero-order valence-electron chi connectivity index (χ0n) is 8.30. The van der Waals surface area contributed by atoms with E-state index in [1.165, 1.54) is 16.3 Å². The SMILES string of the molecule is [CH2-]C(=O)N(C(C)C)C(C)C.[Zn+][Br]. The van der Waals surface area contributed by atoms with E-state index >= 15 is 0 Å². The van der Waals surface area contributed by atoms with E-state index in [2.05, 4.69) is 20.5 Å². The van der Waals surface area contributed by atoms with Crippen molar-refractivity contribution in [3.63, 3.8) is 0 Å². The van der Waals surface area contributed by atoms with Crippen LogP contribution in [0.3, 0.4) is 0 Å². The van der Waals surface area contributed by atoms with Crippen LogP contribution in [-0.2, 0) is 21.1 Å². The Bertz CT molecular complexity index is 120. The van der Waals surface area contributed by atoms with Crippen LogP contribution in [0.5, 0.6) is 0 Å². The summed E-state index contributed by atoms with van der Waals surface area (Å²) in [7, 11) is 0. The van der Waals surface area contributed by atoms with Crippen molar-refractivity contribution in [2.24, 2.45) is 0 Å². The van der Waals surface area contributed by atoms with Crippen LogP contribution in [0.1, 0.15) is 27.7 Å². The van der Waals surface area contributed by atoms with Crippen molar-refractivity contribution in [1.29, 1.82) is 0 Å². The van der Waals surface area contributed by atoms with Gasteiger partial charge in [0.25, 0.3) is 0 Å². The molecule has 68 valence electrons. The zero-order chi connectivity index (χ0) is 10.3. The van der Waals surface area contributed by atoms with Gasteiger partial charge in [-0.25, -0.2) is 0 Å². The first-order chi connectivity index (χ1) is 5.46. The number of nitrogens with zero attached hydrogens (tertiary/aromatic N) is 1. The third-order valence-corrected chi connectivity index (χ3v) is 1.40. The van der Waals surface area contributed by atoms with Crippen molar-refractivity contribution in [3.05, 3.63) is 6.92 Å². The van der Waals surface area contributed by atoms with Gasteiger partial charge in [-0.3, -0.25) is 0 Å². The molecule has 0 fully saturated rings. The fourth-order valence-electron chi connectivity index (χ4n) is 1.17. The third-order valence-electron chi connectivity index (χ3n) is 1.40. The van der Waals surface area contributed by atoms with Gasteiger partial charge in [0, 0.05) is 12.1 Å². The monoisotopic (exact) mass is 285 g/mol. The Labute approximate surface area is 92.1 Å². The second kappa shape index (κ2) is 8.06. The molecule has 0 bridgehead atoms. The summed E-state index contributed by atoms with van der Waals surface area (Å²) in [6.07, 6.45) is 0. The Kier molecular flexibility index (Phi) is 10.0. The first-order valence-corrected chi connectivity index (χ1v) is 10.8. The summed E-state index contributed by atoms with van der Waals surface area (Å²) in [6.45, 7) is 11.3. The van der Waals surface area contributed by atoms with Gasteiger partial charge < -0.3 is 16.6 Å². The summed E-state index contributed by atoms with van der Waals surface area (Å²) >= 11 is 4.25. The van der Waals surface area contributed by atoms with Crippen LogP contribution >= 0.6 is 13.6 Å². The molecule has 0 unspecified atom stereocenters. The summed E-state index contributed by atoms with van der Waals surface area (Å²) in [6, 6.07) is 0.509. The number of hydrogen-bond acceptors (Lipinski definition) is 1. The first-order valence-electron chi connectivity index (χ1n) is 3.87. The van der Waals surface area contributed by atoms with E-state index in [0.717, 1.165) is 0 Å². The van der Waals surface area contributed by atoms with Gasteiger partial charge in [0.05, 0.1) is 5.91 Å². The number of hydrogen-bond donors (Lipinski definition) is 0. The van der Waals surface area contributed by atoms with Gasteiger partial charge >= 0.3 is 30.0 Å². The Morgan fingerprint density at radius 2 is 1.50 bits per heavy atom. The third kappa shape index (κ3) is 6.01. The molecule has 4 heteroatoms. The number of carbonyl (C=O) groups excluding carboxylic acids is 1. The van der Waals surface area contributed by atoms with Crippen LogP contribution in [0.25, 0.3) is 0 Å². The molecule has 0 aliphatic rings. The molecule has 0 aromatic heterocycles. The number of halogens is 1. The minimum atomic E-state index is -0.0926. The topological polar surface area (TPSA) is 20.3 Å². The molecular formula is C8H16BrNOZn. The average Bonchev–Trinajstić information content (AvgIpc) is 1.88. The van der Waals surface area contributed by atoms with Gasteiger partial charge in [-0.15, -0.1) is 0 Å². The molecule has 1 amide bonds. The van der Waals surface area contributed by atoms with E-state index in [9.17, 15) is 4.79 Å². The van der Waals surface area contributed by atoms with E-state index in [1.54, 1.807) is 4.90 Å². The molecule has 0 saturated heterocycles. The van der Waals surface area contributed by atoms with Gasteiger partial charge in [-0.1, -0.05) is 0 Å². The van der Waals surface area contributed by atoms with Crippen molar-refractivity contribution < 1.29 is 21.1 Å². The first kappa shape index (κ1) is 14.9. The molecular weight excluding hydrogens is 271 g/mol. The second-order valence-corrected chi connectivity index (χ2v) is 2.99. The van der Waals surface area contributed by atoms with Crippen molar-refractivity contribution in [2.75, 3.05) is 0 Å². The summed E-state index contributed by atoms with van der Waals surface area (Å²) in [4.78, 5) is 12.6. The normalized spacial score (nSPS) is 9.42. The molecule has 0 rings (SSSR count). The molecule has 0 aliphatic heterocycles. The minimum absolute atomic E-state index is 0.0926. The van der Waals surface area contributed by atoms with E-state index in [-0.39, 0.29) is 18.0 Å². The second-order valence-electron chi connectivity index (χ2n) is 2.99. The predicted octanol–water partition coefficient (Wildman–Crippen LogP) is 2.31. The molecule has 0 heterocycles. The van der Waals surface area contributed by atoms with E-state index in [4.69, 9.17) is 0 Å². The van der Waals surface area contributed by atoms with Gasteiger partial charge in [0.15, 0.2) is 0 Å². The number of carbonyl (C=O) groups is 1. The Morgan fingerprint density at radius 3 is 1.50 bits per heavy atom. The van der Waals surface area contributed by atoms with Crippen molar-refractivity contribution in [1.82, 2.24) is 4.90 Å². The van der Waals surface area contributed by atoms with E-state index < -0.39 is 0 Å². The summed E-state index contributed by atoms with van der Waals surface area (Å²) in [5, 5.41) is 0. The molecule has 0 aromatic rings. The molecule has 0 saturated carbocycles. The number of rotatable bonds is 2. The standard InChI is InChI=1S/C8H16NO.BrH.Zn/c1-6(2)9(7(3)4)8(5)10;;/h6-7H,5H2,1-4H3;1H;/q-1;;+2/p-1. The predicted molar refractivity (Wildman–Crippen MR) is 51.4 cm³/mol. The maximum atomic E-state index is 10.8. The molecule has 0 radical (unpaired) electrons. The molecule has 0 atom stereocenters. The molecule has 0 spiro atoms. The van der Waals surface area contributed by atoms with Crippen molar-refractivity contribution in [3.8, 4) is 0 Å². The summed E-state index contributed by atoms with van der Waals surface area (Å²) < 4.78 is 0. The van der Waals surface area contributed by atoms with Crippen molar-refractivity contribution >= 4 is 19.5 Å². The van der Waals surface area contributed by atoms with Gasteiger partial charge in [-0.05, 0) is 27.7 Å². The summed E-state index contributed by atoms with van der Waals surface area (Å²) in [5.74, 6) is -0.0926. The van der Waals surface area contributed by atoms with Gasteiger partial charge in [-0.2, -0.15) is 0 Å². The number of amides is 1. The fraction of sp³-hybridized carbons (Fsp3) is 0.750. The maximum absolute atomic E-state index is 10.8. The van der Waals surface area contributed by atoms with Crippen LogP contribution in [0.4, 0.5) is 0 Å². The van der Waals surface area contributed by atoms with Crippen LogP contribution in [0, 0.1) is 6.92 Å². The zero-order valence-corrected chi connectivity index (χ0v) is 12.9.